The maximum Gasteiger partial charge on any atom is 0.306 e. The van der Waals surface area contributed by atoms with Gasteiger partial charge in [-0.15, -0.1) is 0 Å². The first kappa shape index (κ1) is 8.53. The number of hydrogen-bond donors (Lipinski definition) is 0. The molecule has 1 aliphatic rings. The Morgan fingerprint density at radius 1 is 1.73 bits per heavy atom. The smallest absolute Gasteiger partial charge is 0.306 e. The molecule has 1 unspecified atom stereocenters. The molecule has 0 aliphatic carbocycles. The number of carbonyl (C=O) groups excluding carboxylic acids is 1. The number of carbonyl (C=O) groups is 1. The first-order valence-corrected chi connectivity index (χ1v) is 4.06. The Morgan fingerprint density at radius 2 is 2.55 bits per heavy atom. The zero-order valence-corrected chi connectivity index (χ0v) is 6.84. The molecule has 1 rings (SSSR count). The maximum absolute atomic E-state index is 10.9. The van der Waals surface area contributed by atoms with Crippen molar-refractivity contribution in [1.82, 2.24) is 0 Å². The van der Waals surface area contributed by atoms with Crippen molar-refractivity contribution in [3.8, 4) is 0 Å². The van der Waals surface area contributed by atoms with Gasteiger partial charge < -0.3 is 9.47 Å². The lowest BCUT2D eigenvalue weighted by Gasteiger charge is -2.05. The van der Waals surface area contributed by atoms with Gasteiger partial charge in [0.2, 0.25) is 0 Å². The van der Waals surface area contributed by atoms with Gasteiger partial charge in [0.05, 0.1) is 19.6 Å². The van der Waals surface area contributed by atoms with E-state index in [0.29, 0.717) is 18.9 Å². The Kier molecular flexibility index (Phi) is 3.36. The van der Waals surface area contributed by atoms with Crippen molar-refractivity contribution in [2.24, 2.45) is 5.92 Å². The van der Waals surface area contributed by atoms with Crippen LogP contribution in [0.3, 0.4) is 0 Å². The fourth-order valence-corrected chi connectivity index (χ4v) is 1.20. The molecule has 0 aromatic carbocycles. The van der Waals surface area contributed by atoms with Crippen LogP contribution in [0.25, 0.3) is 0 Å². The first-order chi connectivity index (χ1) is 5.33. The maximum atomic E-state index is 10.9. The lowest BCUT2D eigenvalue weighted by Crippen LogP contribution is -2.11. The van der Waals surface area contributed by atoms with Gasteiger partial charge in [-0.2, -0.15) is 0 Å². The lowest BCUT2D eigenvalue weighted by molar-refractivity contribution is -0.144. The number of rotatable bonds is 3. The van der Waals surface area contributed by atoms with Gasteiger partial charge in [-0.3, -0.25) is 4.79 Å². The molecule has 1 heterocycles. The quantitative estimate of drug-likeness (QED) is 0.574. The van der Waals surface area contributed by atoms with Gasteiger partial charge in [0.1, 0.15) is 0 Å². The van der Waals surface area contributed by atoms with E-state index in [1.807, 2.05) is 6.92 Å². The van der Waals surface area contributed by atoms with Gasteiger partial charge in [-0.25, -0.2) is 0 Å². The predicted octanol–water partition coefficient (Wildman–Crippen LogP) is 0.976. The van der Waals surface area contributed by atoms with Crippen LogP contribution in [0.15, 0.2) is 0 Å². The Balaban J connectivity index is 2.13. The summed E-state index contributed by atoms with van der Waals surface area (Å²) in [4.78, 5) is 10.9. The van der Waals surface area contributed by atoms with Crippen molar-refractivity contribution in [1.29, 1.82) is 0 Å². The topological polar surface area (TPSA) is 35.5 Å². The van der Waals surface area contributed by atoms with E-state index in [9.17, 15) is 4.79 Å². The molecule has 0 N–H and O–H groups in total. The zero-order valence-electron chi connectivity index (χ0n) is 6.84. The molecule has 0 bridgehead atoms. The van der Waals surface area contributed by atoms with Crippen LogP contribution in [0.2, 0.25) is 0 Å². The van der Waals surface area contributed by atoms with E-state index in [1.165, 1.54) is 0 Å². The first-order valence-electron chi connectivity index (χ1n) is 4.06. The summed E-state index contributed by atoms with van der Waals surface area (Å²) < 4.78 is 9.94. The van der Waals surface area contributed by atoms with Crippen molar-refractivity contribution in [2.75, 3.05) is 19.8 Å². The van der Waals surface area contributed by atoms with Gasteiger partial charge in [0, 0.05) is 6.61 Å². The van der Waals surface area contributed by atoms with Crippen LogP contribution in [-0.4, -0.2) is 25.8 Å². The molecule has 0 aromatic rings. The highest BCUT2D eigenvalue weighted by Crippen LogP contribution is 2.16. The fraction of sp³-hybridized carbons (Fsp3) is 0.875. The van der Waals surface area contributed by atoms with E-state index in [1.54, 1.807) is 0 Å². The van der Waals surface area contributed by atoms with Crippen LogP contribution in [0.5, 0.6) is 0 Å². The molecule has 11 heavy (non-hydrogen) atoms. The summed E-state index contributed by atoms with van der Waals surface area (Å²) in [6.45, 7) is 3.82. The number of hydrogen-bond acceptors (Lipinski definition) is 3. The van der Waals surface area contributed by atoms with Crippen LogP contribution in [0.1, 0.15) is 19.8 Å². The molecule has 1 aliphatic heterocycles. The SMILES string of the molecule is CCOC(=O)CC1CCOC1. The van der Waals surface area contributed by atoms with Crippen LogP contribution >= 0.6 is 0 Å². The third-order valence-corrected chi connectivity index (χ3v) is 1.78. The van der Waals surface area contributed by atoms with E-state index in [2.05, 4.69) is 0 Å². The van der Waals surface area contributed by atoms with Crippen LogP contribution in [-0.2, 0) is 14.3 Å². The van der Waals surface area contributed by atoms with Crippen molar-refractivity contribution < 1.29 is 14.3 Å². The highest BCUT2D eigenvalue weighted by atomic mass is 16.5. The van der Waals surface area contributed by atoms with Gasteiger partial charge in [0.25, 0.3) is 0 Å². The molecule has 1 fully saturated rings. The normalized spacial score (nSPS) is 23.5. The van der Waals surface area contributed by atoms with Crippen molar-refractivity contribution >= 4 is 5.97 Å². The average molecular weight is 158 g/mol. The van der Waals surface area contributed by atoms with E-state index < -0.39 is 0 Å². The minimum Gasteiger partial charge on any atom is -0.466 e. The highest BCUT2D eigenvalue weighted by Gasteiger charge is 2.19. The molecule has 0 spiro atoms. The van der Waals surface area contributed by atoms with E-state index in [0.717, 1.165) is 19.6 Å². The summed E-state index contributed by atoms with van der Waals surface area (Å²) in [5, 5.41) is 0. The van der Waals surface area contributed by atoms with Gasteiger partial charge in [-0.1, -0.05) is 0 Å². The summed E-state index contributed by atoms with van der Waals surface area (Å²) in [7, 11) is 0. The minimum absolute atomic E-state index is 0.0944. The third kappa shape index (κ3) is 2.89. The Bertz CT molecular complexity index is 127. The second kappa shape index (κ2) is 4.34. The zero-order chi connectivity index (χ0) is 8.10. The Morgan fingerprint density at radius 3 is 3.09 bits per heavy atom. The molecular formula is C8H14O3. The largest absolute Gasteiger partial charge is 0.466 e. The Hall–Kier alpha value is -0.570. The monoisotopic (exact) mass is 158 g/mol. The van der Waals surface area contributed by atoms with E-state index in [-0.39, 0.29) is 5.97 Å². The lowest BCUT2D eigenvalue weighted by atomic mass is 10.1. The molecule has 0 aromatic heterocycles. The molecule has 0 amide bonds. The number of esters is 1. The van der Waals surface area contributed by atoms with Crippen molar-refractivity contribution in [3.05, 3.63) is 0 Å². The number of ether oxygens (including phenoxy) is 2. The van der Waals surface area contributed by atoms with Crippen molar-refractivity contribution in [3.63, 3.8) is 0 Å². The van der Waals surface area contributed by atoms with Gasteiger partial charge >= 0.3 is 5.97 Å². The molecule has 1 saturated heterocycles. The summed E-state index contributed by atoms with van der Waals surface area (Å²) in [6.07, 6.45) is 1.52. The molecule has 1 atom stereocenters. The molecule has 3 heteroatoms. The molecule has 64 valence electrons. The third-order valence-electron chi connectivity index (χ3n) is 1.78. The van der Waals surface area contributed by atoms with Crippen molar-refractivity contribution in [2.45, 2.75) is 19.8 Å². The summed E-state index contributed by atoms with van der Waals surface area (Å²) in [5.74, 6) is 0.303. The van der Waals surface area contributed by atoms with Crippen LogP contribution < -0.4 is 0 Å². The second-order valence-electron chi connectivity index (χ2n) is 2.74. The molecule has 0 radical (unpaired) electrons. The Labute approximate surface area is 66.7 Å². The molecular weight excluding hydrogens is 144 g/mol. The molecule has 0 saturated carbocycles. The minimum atomic E-state index is -0.0944. The van der Waals surface area contributed by atoms with Crippen LogP contribution in [0, 0.1) is 5.92 Å². The van der Waals surface area contributed by atoms with E-state index >= 15 is 0 Å². The van der Waals surface area contributed by atoms with Gasteiger partial charge in [-0.05, 0) is 19.3 Å². The average Bonchev–Trinajstić information content (AvgIpc) is 2.40. The summed E-state index contributed by atoms with van der Waals surface area (Å²) in [6, 6.07) is 0. The van der Waals surface area contributed by atoms with E-state index in [4.69, 9.17) is 9.47 Å². The standard InChI is InChI=1S/C8H14O3/c1-2-11-8(9)5-7-3-4-10-6-7/h7H,2-6H2,1H3. The van der Waals surface area contributed by atoms with Gasteiger partial charge in [0.15, 0.2) is 0 Å². The summed E-state index contributed by atoms with van der Waals surface area (Å²) in [5.41, 5.74) is 0. The highest BCUT2D eigenvalue weighted by molar-refractivity contribution is 5.69. The fourth-order valence-electron chi connectivity index (χ4n) is 1.20. The molecule has 3 nitrogen and oxygen atoms in total. The van der Waals surface area contributed by atoms with Crippen LogP contribution in [0.4, 0.5) is 0 Å². The summed E-state index contributed by atoms with van der Waals surface area (Å²) >= 11 is 0. The second-order valence-corrected chi connectivity index (χ2v) is 2.74. The predicted molar refractivity (Wildman–Crippen MR) is 40.2 cm³/mol.